The molecule has 1 aromatic carbocycles. The molecule has 1 saturated carbocycles. The summed E-state index contributed by atoms with van der Waals surface area (Å²) in [4.78, 5) is 23.7. The number of unbranched alkanes of at least 4 members (excludes halogenated alkanes) is 2. The molecule has 1 aliphatic rings. The van der Waals surface area contributed by atoms with Gasteiger partial charge in [0.1, 0.15) is 0 Å². The highest BCUT2D eigenvalue weighted by Gasteiger charge is 2.25. The molecule has 1 fully saturated rings. The molecule has 0 unspecified atom stereocenters. The Labute approximate surface area is 126 Å². The Balaban J connectivity index is 1.85. The summed E-state index contributed by atoms with van der Waals surface area (Å²) in [5, 5.41) is 5.80. The largest absolute Gasteiger partial charge is 0.326 e. The van der Waals surface area contributed by atoms with Crippen LogP contribution in [0.4, 0.5) is 11.4 Å². The van der Waals surface area contributed by atoms with Crippen LogP contribution in [-0.2, 0) is 9.59 Å². The molecule has 4 nitrogen and oxygen atoms in total. The smallest absolute Gasteiger partial charge is 0.227 e. The average Bonchev–Trinajstić information content (AvgIpc) is 2.37. The van der Waals surface area contributed by atoms with E-state index in [1.165, 1.54) is 0 Å². The minimum atomic E-state index is 0.0333. The van der Waals surface area contributed by atoms with Crippen molar-refractivity contribution in [2.75, 3.05) is 10.6 Å². The summed E-state index contributed by atoms with van der Waals surface area (Å²) in [6.07, 6.45) is 6.76. The van der Waals surface area contributed by atoms with Gasteiger partial charge in [-0.25, -0.2) is 0 Å². The van der Waals surface area contributed by atoms with Gasteiger partial charge in [0.25, 0.3) is 0 Å². The Bertz CT molecular complexity index is 495. The normalized spacial score (nSPS) is 14.3. The van der Waals surface area contributed by atoms with Gasteiger partial charge in [-0.05, 0) is 37.5 Å². The van der Waals surface area contributed by atoms with E-state index in [9.17, 15) is 9.59 Å². The predicted octanol–water partition coefficient (Wildman–Crippen LogP) is 3.94. The molecule has 0 atom stereocenters. The minimum Gasteiger partial charge on any atom is -0.326 e. The lowest BCUT2D eigenvalue weighted by atomic mass is 9.85. The lowest BCUT2D eigenvalue weighted by molar-refractivity contribution is -0.122. The van der Waals surface area contributed by atoms with Crippen molar-refractivity contribution in [3.05, 3.63) is 24.3 Å². The van der Waals surface area contributed by atoms with Crippen LogP contribution in [0, 0.1) is 5.92 Å². The summed E-state index contributed by atoms with van der Waals surface area (Å²) < 4.78 is 0. The van der Waals surface area contributed by atoms with E-state index in [1.54, 1.807) is 0 Å². The zero-order valence-corrected chi connectivity index (χ0v) is 12.7. The van der Waals surface area contributed by atoms with Crippen molar-refractivity contribution < 1.29 is 9.59 Å². The van der Waals surface area contributed by atoms with Crippen molar-refractivity contribution in [3.63, 3.8) is 0 Å². The highest BCUT2D eigenvalue weighted by Crippen LogP contribution is 2.28. The van der Waals surface area contributed by atoms with E-state index < -0.39 is 0 Å². The Morgan fingerprint density at radius 2 is 1.86 bits per heavy atom. The van der Waals surface area contributed by atoms with Gasteiger partial charge in [0.15, 0.2) is 0 Å². The van der Waals surface area contributed by atoms with Gasteiger partial charge in [0, 0.05) is 23.7 Å². The maximum absolute atomic E-state index is 11.9. The van der Waals surface area contributed by atoms with Crippen LogP contribution in [-0.4, -0.2) is 11.8 Å². The second-order valence-electron chi connectivity index (χ2n) is 5.70. The van der Waals surface area contributed by atoms with Crippen LogP contribution in [0.3, 0.4) is 0 Å². The molecule has 0 aliphatic heterocycles. The van der Waals surface area contributed by atoms with Crippen LogP contribution in [0.2, 0.25) is 0 Å². The van der Waals surface area contributed by atoms with Crippen LogP contribution in [0.15, 0.2) is 24.3 Å². The first-order valence-electron chi connectivity index (χ1n) is 7.90. The number of rotatable bonds is 7. The van der Waals surface area contributed by atoms with Crippen molar-refractivity contribution in [3.8, 4) is 0 Å². The second kappa shape index (κ2) is 7.81. The number of benzene rings is 1. The fourth-order valence-electron chi connectivity index (χ4n) is 2.35. The van der Waals surface area contributed by atoms with E-state index in [1.807, 2.05) is 24.3 Å². The van der Waals surface area contributed by atoms with Gasteiger partial charge < -0.3 is 10.6 Å². The van der Waals surface area contributed by atoms with Gasteiger partial charge in [-0.3, -0.25) is 9.59 Å². The molecule has 1 aromatic rings. The number of nitrogens with one attached hydrogen (secondary N) is 2. The van der Waals surface area contributed by atoms with Crippen molar-refractivity contribution in [1.82, 2.24) is 0 Å². The van der Waals surface area contributed by atoms with E-state index in [2.05, 4.69) is 17.6 Å². The van der Waals surface area contributed by atoms with Gasteiger partial charge in [-0.2, -0.15) is 0 Å². The first-order chi connectivity index (χ1) is 10.2. The summed E-state index contributed by atoms with van der Waals surface area (Å²) >= 11 is 0. The van der Waals surface area contributed by atoms with Crippen molar-refractivity contribution in [2.24, 2.45) is 5.92 Å². The van der Waals surface area contributed by atoms with Crippen molar-refractivity contribution >= 4 is 23.2 Å². The average molecular weight is 288 g/mol. The van der Waals surface area contributed by atoms with Crippen LogP contribution in [0.5, 0.6) is 0 Å². The molecule has 1 aliphatic carbocycles. The quantitative estimate of drug-likeness (QED) is 0.746. The van der Waals surface area contributed by atoms with E-state index in [0.29, 0.717) is 6.42 Å². The number of hydrogen-bond acceptors (Lipinski definition) is 2. The lowest BCUT2D eigenvalue weighted by Crippen LogP contribution is -2.28. The Kier molecular flexibility index (Phi) is 5.78. The Morgan fingerprint density at radius 3 is 2.48 bits per heavy atom. The zero-order valence-electron chi connectivity index (χ0n) is 12.7. The second-order valence-corrected chi connectivity index (χ2v) is 5.70. The summed E-state index contributed by atoms with van der Waals surface area (Å²) in [5.74, 6) is 0.288. The van der Waals surface area contributed by atoms with Crippen LogP contribution < -0.4 is 10.6 Å². The molecule has 114 valence electrons. The van der Waals surface area contributed by atoms with Gasteiger partial charge in [0.2, 0.25) is 11.8 Å². The first kappa shape index (κ1) is 15.5. The molecule has 2 N–H and O–H groups in total. The van der Waals surface area contributed by atoms with E-state index in [0.717, 1.165) is 49.9 Å². The van der Waals surface area contributed by atoms with E-state index >= 15 is 0 Å². The van der Waals surface area contributed by atoms with Crippen molar-refractivity contribution in [2.45, 2.75) is 51.9 Å². The summed E-state index contributed by atoms with van der Waals surface area (Å²) in [7, 11) is 0. The van der Waals surface area contributed by atoms with Crippen LogP contribution in [0.25, 0.3) is 0 Å². The number of carbonyl (C=O) groups excluding carboxylic acids is 2. The molecule has 0 radical (unpaired) electrons. The molecule has 4 heteroatoms. The van der Waals surface area contributed by atoms with Crippen LogP contribution in [0.1, 0.15) is 51.9 Å². The Hall–Kier alpha value is -1.84. The molecule has 0 saturated heterocycles. The van der Waals surface area contributed by atoms with Gasteiger partial charge >= 0.3 is 0 Å². The summed E-state index contributed by atoms with van der Waals surface area (Å²) in [6, 6.07) is 7.35. The topological polar surface area (TPSA) is 58.2 Å². The highest BCUT2D eigenvalue weighted by atomic mass is 16.2. The summed E-state index contributed by atoms with van der Waals surface area (Å²) in [5.41, 5.74) is 1.49. The predicted molar refractivity (Wildman–Crippen MR) is 85.2 cm³/mol. The van der Waals surface area contributed by atoms with Crippen molar-refractivity contribution in [1.29, 1.82) is 0 Å². The molecule has 0 aromatic heterocycles. The van der Waals surface area contributed by atoms with Gasteiger partial charge in [0.05, 0.1) is 0 Å². The third-order valence-corrected chi connectivity index (χ3v) is 3.90. The Morgan fingerprint density at radius 1 is 1.14 bits per heavy atom. The fraction of sp³-hybridized carbons (Fsp3) is 0.529. The molecular formula is C17H24N2O2. The molecular weight excluding hydrogens is 264 g/mol. The first-order valence-corrected chi connectivity index (χ1v) is 7.90. The number of anilines is 2. The third kappa shape index (κ3) is 4.88. The molecule has 0 spiro atoms. The van der Waals surface area contributed by atoms with E-state index in [4.69, 9.17) is 0 Å². The maximum atomic E-state index is 11.9. The number of hydrogen-bond donors (Lipinski definition) is 2. The van der Waals surface area contributed by atoms with Gasteiger partial charge in [-0.15, -0.1) is 0 Å². The monoisotopic (exact) mass is 288 g/mol. The highest BCUT2D eigenvalue weighted by molar-refractivity contribution is 5.95. The number of amides is 2. The molecule has 0 heterocycles. The molecule has 2 amide bonds. The SMILES string of the molecule is CCCCCC(=O)Nc1cccc(NC(=O)C2CCC2)c1. The lowest BCUT2D eigenvalue weighted by Gasteiger charge is -2.24. The molecule has 2 rings (SSSR count). The molecule has 0 bridgehead atoms. The van der Waals surface area contributed by atoms with E-state index in [-0.39, 0.29) is 17.7 Å². The summed E-state index contributed by atoms with van der Waals surface area (Å²) in [6.45, 7) is 2.12. The third-order valence-electron chi connectivity index (χ3n) is 3.90. The maximum Gasteiger partial charge on any atom is 0.227 e. The number of carbonyl (C=O) groups is 2. The molecule has 21 heavy (non-hydrogen) atoms. The van der Waals surface area contributed by atoms with Crippen LogP contribution >= 0.6 is 0 Å². The van der Waals surface area contributed by atoms with Gasteiger partial charge in [-0.1, -0.05) is 32.3 Å². The minimum absolute atomic E-state index is 0.0333. The fourth-order valence-corrected chi connectivity index (χ4v) is 2.35. The zero-order chi connectivity index (χ0) is 15.1. The standard InChI is InChI=1S/C17H24N2O2/c1-2-3-4-11-16(20)18-14-9-6-10-15(12-14)19-17(21)13-7-5-8-13/h6,9-10,12-13H,2-5,7-8,11H2,1H3,(H,18,20)(H,19,21).